The molecular formula is C39H33BrN2. The molecule has 3 heteroatoms. The minimum Gasteiger partial charge on any atom is -0.280 e. The van der Waals surface area contributed by atoms with Crippen molar-refractivity contribution in [2.75, 3.05) is 11.9 Å². The zero-order chi connectivity index (χ0) is 28.0. The maximum atomic E-state index is 5.29. The first-order valence-corrected chi connectivity index (χ1v) is 16.4. The minimum absolute atomic E-state index is 0.416. The van der Waals surface area contributed by atoms with Crippen LogP contribution in [0.1, 0.15) is 41.9 Å². The summed E-state index contributed by atoms with van der Waals surface area (Å²) in [4.78, 5) is 10.3. The molecule has 2 heterocycles. The third-order valence-corrected chi connectivity index (χ3v) is 10.1. The Balaban J connectivity index is 1.37. The van der Waals surface area contributed by atoms with Crippen LogP contribution in [0.2, 0.25) is 0 Å². The smallest absolute Gasteiger partial charge is 0.0716 e. The lowest BCUT2D eigenvalue weighted by Gasteiger charge is -2.31. The van der Waals surface area contributed by atoms with Crippen molar-refractivity contribution in [2.24, 2.45) is 15.9 Å². The lowest BCUT2D eigenvalue weighted by Crippen LogP contribution is -2.32. The van der Waals surface area contributed by atoms with E-state index in [0.29, 0.717) is 18.4 Å². The molecule has 4 aliphatic rings. The van der Waals surface area contributed by atoms with E-state index in [-0.39, 0.29) is 0 Å². The van der Waals surface area contributed by atoms with Crippen LogP contribution in [-0.2, 0) is 12.8 Å². The van der Waals surface area contributed by atoms with Crippen LogP contribution in [0, 0.1) is 16.4 Å². The van der Waals surface area contributed by atoms with Crippen LogP contribution in [0.3, 0.4) is 0 Å². The van der Waals surface area contributed by atoms with Crippen molar-refractivity contribution in [2.45, 2.75) is 38.0 Å². The third kappa shape index (κ3) is 4.37. The van der Waals surface area contributed by atoms with E-state index in [2.05, 4.69) is 119 Å². The van der Waals surface area contributed by atoms with Gasteiger partial charge in [0.2, 0.25) is 0 Å². The van der Waals surface area contributed by atoms with Crippen LogP contribution in [-0.4, -0.2) is 17.6 Å². The molecule has 2 nitrogen and oxygen atoms in total. The number of hydrogen-bond acceptors (Lipinski definition) is 2. The van der Waals surface area contributed by atoms with Crippen molar-refractivity contribution in [3.05, 3.63) is 151 Å². The largest absolute Gasteiger partial charge is 0.280 e. The van der Waals surface area contributed by atoms with Crippen molar-refractivity contribution < 1.29 is 0 Å². The van der Waals surface area contributed by atoms with Gasteiger partial charge in [-0.3, -0.25) is 4.99 Å². The molecule has 8 rings (SSSR count). The monoisotopic (exact) mass is 608 g/mol. The Morgan fingerprint density at radius 1 is 0.786 bits per heavy atom. The van der Waals surface area contributed by atoms with E-state index in [1.54, 1.807) is 11.1 Å². The molecule has 0 saturated heterocycles. The molecule has 4 aromatic carbocycles. The van der Waals surface area contributed by atoms with Crippen LogP contribution in [0.15, 0.2) is 113 Å². The predicted molar refractivity (Wildman–Crippen MR) is 176 cm³/mol. The lowest BCUT2D eigenvalue weighted by atomic mass is 9.74. The minimum atomic E-state index is 0.416. The average molecular weight is 610 g/mol. The van der Waals surface area contributed by atoms with Gasteiger partial charge in [0.25, 0.3) is 0 Å². The molecule has 0 amide bonds. The standard InChI is InChI=1S/C39H33BrN2/c40-20-8-12-27-22-26-11-4-5-13-29(26)31-18-19-33-32(38(27)31)17-16-28(21-25-9-2-1-3-10-25)39(33)37-23-36-34(24-41-37)30-14-6-7-15-35(30)42-36/h1-7,9-11,13-15,18-19,22-23,27-28H,8,12,16-17,20-21,24H2. The maximum absolute atomic E-state index is 5.29. The number of aliphatic imine (C=N–C) groups is 1. The first-order chi connectivity index (χ1) is 20.8. The summed E-state index contributed by atoms with van der Waals surface area (Å²) in [6, 6.07) is 33.3. The van der Waals surface area contributed by atoms with Gasteiger partial charge in [0.15, 0.2) is 0 Å². The van der Waals surface area contributed by atoms with Crippen LogP contribution in [0.25, 0.3) is 17.2 Å². The molecule has 4 aromatic rings. The second-order valence-corrected chi connectivity index (χ2v) is 12.7. The van der Waals surface area contributed by atoms with Crippen LogP contribution in [0.5, 0.6) is 0 Å². The molecule has 0 saturated carbocycles. The van der Waals surface area contributed by atoms with Gasteiger partial charge in [-0.1, -0.05) is 107 Å². The summed E-state index contributed by atoms with van der Waals surface area (Å²) < 4.78 is 0. The van der Waals surface area contributed by atoms with E-state index < -0.39 is 0 Å². The van der Waals surface area contributed by atoms with Crippen LogP contribution >= 0.6 is 15.9 Å². The summed E-state index contributed by atoms with van der Waals surface area (Å²) in [6.45, 7) is 0.693. The molecule has 2 atom stereocenters. The summed E-state index contributed by atoms with van der Waals surface area (Å²) in [7, 11) is 0. The second kappa shape index (κ2) is 10.8. The van der Waals surface area contributed by atoms with Crippen molar-refractivity contribution in [1.82, 2.24) is 0 Å². The van der Waals surface area contributed by atoms with Gasteiger partial charge in [-0.05, 0) is 93.3 Å². The zero-order valence-corrected chi connectivity index (χ0v) is 25.3. The SMILES string of the molecule is BrCCCC1C=c2ccccc2=c2ccc3c(c21)CCC(Cc1ccccc1)C=3C1=NCC2=c3ccccc3=NC2=C1. The van der Waals surface area contributed by atoms with E-state index in [1.165, 1.54) is 49.2 Å². The number of nitrogens with zero attached hydrogens (tertiary/aromatic N) is 2. The average Bonchev–Trinajstić information content (AvgIpc) is 3.41. The van der Waals surface area contributed by atoms with Gasteiger partial charge in [0, 0.05) is 22.0 Å². The van der Waals surface area contributed by atoms with Gasteiger partial charge < -0.3 is 0 Å². The summed E-state index contributed by atoms with van der Waals surface area (Å²) in [6.07, 6.45) is 10.4. The predicted octanol–water partition coefficient (Wildman–Crippen LogP) is 5.80. The van der Waals surface area contributed by atoms with Gasteiger partial charge in [-0.15, -0.1) is 0 Å². The number of alkyl halides is 1. The van der Waals surface area contributed by atoms with Crippen molar-refractivity contribution in [1.29, 1.82) is 0 Å². The molecule has 2 aliphatic heterocycles. The lowest BCUT2D eigenvalue weighted by molar-refractivity contribution is 0.586. The number of para-hydroxylation sites is 1. The van der Waals surface area contributed by atoms with Gasteiger partial charge in [0.05, 0.1) is 23.3 Å². The number of benzene rings is 4. The van der Waals surface area contributed by atoms with Gasteiger partial charge in [-0.25, -0.2) is 4.99 Å². The van der Waals surface area contributed by atoms with E-state index in [4.69, 9.17) is 9.98 Å². The summed E-state index contributed by atoms with van der Waals surface area (Å²) in [5.41, 5.74) is 9.39. The number of halogens is 1. The molecule has 42 heavy (non-hydrogen) atoms. The number of rotatable bonds is 6. The Bertz CT molecular complexity index is 2140. The highest BCUT2D eigenvalue weighted by Gasteiger charge is 2.30. The summed E-state index contributed by atoms with van der Waals surface area (Å²) in [5, 5.41) is 8.92. The third-order valence-electron chi connectivity index (χ3n) is 9.51. The van der Waals surface area contributed by atoms with E-state index >= 15 is 0 Å². The second-order valence-electron chi connectivity index (χ2n) is 11.9. The Hall–Kier alpha value is -3.82. The highest BCUT2D eigenvalue weighted by molar-refractivity contribution is 9.09. The van der Waals surface area contributed by atoms with Crippen molar-refractivity contribution in [3.63, 3.8) is 0 Å². The van der Waals surface area contributed by atoms with Gasteiger partial charge in [0.1, 0.15) is 0 Å². The summed E-state index contributed by atoms with van der Waals surface area (Å²) >= 11 is 3.71. The first kappa shape index (κ1) is 25.9. The first-order valence-electron chi connectivity index (χ1n) is 15.3. The molecule has 0 bridgehead atoms. The van der Waals surface area contributed by atoms with Gasteiger partial charge in [-0.2, -0.15) is 0 Å². The Morgan fingerprint density at radius 2 is 1.57 bits per heavy atom. The molecule has 0 N–H and O–H groups in total. The van der Waals surface area contributed by atoms with E-state index in [0.717, 1.165) is 47.8 Å². The van der Waals surface area contributed by atoms with Gasteiger partial charge >= 0.3 is 0 Å². The Kier molecular flexibility index (Phi) is 6.64. The number of hydrogen-bond donors (Lipinski definition) is 0. The fraction of sp³-hybridized carbons (Fsp3) is 0.231. The highest BCUT2D eigenvalue weighted by Crippen LogP contribution is 2.36. The molecule has 206 valence electrons. The molecule has 0 radical (unpaired) electrons. The topological polar surface area (TPSA) is 24.7 Å². The normalized spacial score (nSPS) is 19.7. The zero-order valence-electron chi connectivity index (χ0n) is 23.7. The fourth-order valence-electron chi connectivity index (χ4n) is 7.64. The van der Waals surface area contributed by atoms with Crippen molar-refractivity contribution >= 4 is 38.9 Å². The van der Waals surface area contributed by atoms with Crippen LogP contribution in [0.4, 0.5) is 0 Å². The van der Waals surface area contributed by atoms with E-state index in [9.17, 15) is 0 Å². The summed E-state index contributed by atoms with van der Waals surface area (Å²) in [5.74, 6) is 0.847. The molecular weight excluding hydrogens is 576 g/mol. The number of fused-ring (bicyclic) bond motifs is 6. The number of allylic oxidation sites excluding steroid dienone is 1. The molecule has 2 unspecified atom stereocenters. The van der Waals surface area contributed by atoms with E-state index in [1.807, 2.05) is 0 Å². The maximum Gasteiger partial charge on any atom is 0.0716 e. The molecule has 0 aromatic heterocycles. The van der Waals surface area contributed by atoms with Crippen LogP contribution < -0.4 is 21.0 Å². The molecule has 0 fully saturated rings. The highest BCUT2D eigenvalue weighted by atomic mass is 79.9. The Labute approximate surface area is 254 Å². The molecule has 0 spiro atoms. The fourth-order valence-corrected chi connectivity index (χ4v) is 7.96. The van der Waals surface area contributed by atoms with Crippen molar-refractivity contribution in [3.8, 4) is 0 Å². The number of dihydropyridines is 1. The Morgan fingerprint density at radius 3 is 2.45 bits per heavy atom. The quantitative estimate of drug-likeness (QED) is 0.247. The molecule has 2 aliphatic carbocycles.